The van der Waals surface area contributed by atoms with Gasteiger partial charge in [-0.25, -0.2) is 4.39 Å². The van der Waals surface area contributed by atoms with Crippen LogP contribution in [0.4, 0.5) is 10.1 Å². The molecule has 0 bridgehead atoms. The Morgan fingerprint density at radius 2 is 2.10 bits per heavy atom. The summed E-state index contributed by atoms with van der Waals surface area (Å²) in [7, 11) is 3.53. The number of carbonyl (C=O) groups is 1. The van der Waals surface area contributed by atoms with Gasteiger partial charge in [0.15, 0.2) is 0 Å². The first kappa shape index (κ1) is 19.7. The van der Waals surface area contributed by atoms with Gasteiger partial charge >= 0.3 is 0 Å². The van der Waals surface area contributed by atoms with Gasteiger partial charge in [0.05, 0.1) is 23.4 Å². The van der Waals surface area contributed by atoms with Gasteiger partial charge in [-0.3, -0.25) is 9.80 Å². The molecule has 2 aliphatic carbocycles. The number of fused-ring (bicyclic) bond motifs is 1. The summed E-state index contributed by atoms with van der Waals surface area (Å²) >= 11 is 0. The molecular weight excluding hydrogens is 369 g/mol. The Morgan fingerprint density at radius 1 is 1.38 bits per heavy atom. The summed E-state index contributed by atoms with van der Waals surface area (Å²) in [6.45, 7) is 4.74. The minimum Gasteiger partial charge on any atom is -0.380 e. The first-order valence-electron chi connectivity index (χ1n) is 10.2. The Bertz CT molecular complexity index is 903. The summed E-state index contributed by atoms with van der Waals surface area (Å²) in [4.78, 5) is 14.9. The minimum atomic E-state index is -0.249. The molecule has 0 spiro atoms. The summed E-state index contributed by atoms with van der Waals surface area (Å²) in [6, 6.07) is 6.46. The van der Waals surface area contributed by atoms with Crippen LogP contribution in [0.1, 0.15) is 26.7 Å². The van der Waals surface area contributed by atoms with Crippen molar-refractivity contribution in [2.75, 3.05) is 25.7 Å². The van der Waals surface area contributed by atoms with E-state index in [9.17, 15) is 9.18 Å². The van der Waals surface area contributed by atoms with Gasteiger partial charge in [0, 0.05) is 38.4 Å². The Balaban J connectivity index is 1.60. The SMILES string of the molecule is CO[C@H](C)CN(C)C(=O)[C@H]1CCC2=C1[C@@H](C)C1=CNN(c3ccc(F)cc3)C1=C2. The van der Waals surface area contributed by atoms with Crippen molar-refractivity contribution in [2.24, 2.45) is 11.8 Å². The highest BCUT2D eigenvalue weighted by Crippen LogP contribution is 2.48. The second kappa shape index (κ2) is 7.67. The molecule has 0 fully saturated rings. The van der Waals surface area contributed by atoms with E-state index in [2.05, 4.69) is 18.4 Å². The van der Waals surface area contributed by atoms with E-state index in [-0.39, 0.29) is 29.7 Å². The third-order valence-electron chi connectivity index (χ3n) is 6.27. The lowest BCUT2D eigenvalue weighted by Crippen LogP contribution is -2.39. The van der Waals surface area contributed by atoms with Crippen LogP contribution in [-0.4, -0.2) is 37.6 Å². The zero-order chi connectivity index (χ0) is 20.7. The van der Waals surface area contributed by atoms with Gasteiger partial charge in [0.25, 0.3) is 0 Å². The Morgan fingerprint density at radius 3 is 2.79 bits per heavy atom. The second-order valence-electron chi connectivity index (χ2n) is 8.13. The van der Waals surface area contributed by atoms with E-state index < -0.39 is 0 Å². The quantitative estimate of drug-likeness (QED) is 0.822. The van der Waals surface area contributed by atoms with Crippen LogP contribution in [0.15, 0.2) is 59.0 Å². The van der Waals surface area contributed by atoms with E-state index in [1.54, 1.807) is 24.1 Å². The van der Waals surface area contributed by atoms with E-state index in [0.717, 1.165) is 24.2 Å². The average molecular weight is 397 g/mol. The lowest BCUT2D eigenvalue weighted by molar-refractivity contribution is -0.134. The fourth-order valence-electron chi connectivity index (χ4n) is 4.67. The number of carbonyl (C=O) groups excluding carboxylic acids is 1. The largest absolute Gasteiger partial charge is 0.380 e. The normalized spacial score (nSPS) is 23.8. The highest BCUT2D eigenvalue weighted by atomic mass is 19.1. The molecule has 5 nitrogen and oxygen atoms in total. The van der Waals surface area contributed by atoms with Crippen molar-refractivity contribution >= 4 is 11.6 Å². The fraction of sp³-hybridized carbons (Fsp3) is 0.435. The molecule has 29 heavy (non-hydrogen) atoms. The van der Waals surface area contributed by atoms with Crippen LogP contribution in [0, 0.1) is 17.7 Å². The Kier molecular flexibility index (Phi) is 5.21. The molecule has 0 saturated carbocycles. The number of ether oxygens (including phenoxy) is 1. The van der Waals surface area contributed by atoms with Gasteiger partial charge < -0.3 is 15.1 Å². The van der Waals surface area contributed by atoms with Gasteiger partial charge in [-0.15, -0.1) is 0 Å². The molecule has 0 radical (unpaired) electrons. The number of halogens is 1. The second-order valence-corrected chi connectivity index (χ2v) is 8.13. The van der Waals surface area contributed by atoms with Crippen LogP contribution in [0.5, 0.6) is 0 Å². The van der Waals surface area contributed by atoms with E-state index in [4.69, 9.17) is 4.74 Å². The van der Waals surface area contributed by atoms with Crippen molar-refractivity contribution in [3.63, 3.8) is 0 Å². The van der Waals surface area contributed by atoms with Crippen molar-refractivity contribution in [1.29, 1.82) is 0 Å². The molecule has 1 heterocycles. The number of hydrogen-bond donors (Lipinski definition) is 1. The molecular formula is C23H28FN3O2. The van der Waals surface area contributed by atoms with Gasteiger partial charge in [0.1, 0.15) is 5.82 Å². The molecule has 0 unspecified atom stereocenters. The number of benzene rings is 1. The smallest absolute Gasteiger partial charge is 0.229 e. The van der Waals surface area contributed by atoms with Gasteiger partial charge in [-0.05, 0) is 61.3 Å². The van der Waals surface area contributed by atoms with Crippen LogP contribution in [0.3, 0.4) is 0 Å². The summed E-state index contributed by atoms with van der Waals surface area (Å²) in [5.74, 6) is 0.00555. The maximum absolute atomic E-state index is 13.3. The third-order valence-corrected chi connectivity index (χ3v) is 6.27. The van der Waals surface area contributed by atoms with Crippen LogP contribution in [0.25, 0.3) is 0 Å². The number of allylic oxidation sites excluding steroid dienone is 3. The van der Waals surface area contributed by atoms with Gasteiger partial charge in [0.2, 0.25) is 5.91 Å². The van der Waals surface area contributed by atoms with Crippen molar-refractivity contribution < 1.29 is 13.9 Å². The summed E-state index contributed by atoms with van der Waals surface area (Å²) in [6.07, 6.45) is 5.95. The monoisotopic (exact) mass is 397 g/mol. The van der Waals surface area contributed by atoms with Crippen molar-refractivity contribution in [3.8, 4) is 0 Å². The van der Waals surface area contributed by atoms with Crippen LogP contribution in [0.2, 0.25) is 0 Å². The molecule has 3 aliphatic rings. The molecule has 0 saturated heterocycles. The zero-order valence-corrected chi connectivity index (χ0v) is 17.4. The number of likely N-dealkylation sites (N-methyl/N-ethyl adjacent to an activating group) is 1. The van der Waals surface area contributed by atoms with E-state index in [0.29, 0.717) is 6.54 Å². The first-order chi connectivity index (χ1) is 13.9. The molecule has 1 aliphatic heterocycles. The van der Waals surface area contributed by atoms with Crippen molar-refractivity contribution in [1.82, 2.24) is 10.3 Å². The van der Waals surface area contributed by atoms with E-state index in [1.165, 1.54) is 28.9 Å². The molecule has 1 amide bonds. The minimum absolute atomic E-state index is 0.0140. The highest BCUT2D eigenvalue weighted by molar-refractivity contribution is 5.84. The maximum Gasteiger partial charge on any atom is 0.229 e. The molecule has 4 rings (SSSR count). The molecule has 3 atom stereocenters. The number of hydrogen-bond acceptors (Lipinski definition) is 4. The average Bonchev–Trinajstić information content (AvgIpc) is 3.33. The fourth-order valence-corrected chi connectivity index (χ4v) is 4.67. The summed E-state index contributed by atoms with van der Waals surface area (Å²) in [5.41, 5.74) is 8.93. The standard InChI is InChI=1S/C23H28FN3O2/c1-14(29-4)13-26(3)23(28)19-10-5-16-11-21-20(15(2)22(16)19)12-25-27(21)18-8-6-17(24)7-9-18/h6-9,11-12,14-15,19,25H,5,10,13H2,1-4H3/t14-,15+,19+/m1/s1. The number of anilines is 1. The van der Waals surface area contributed by atoms with Crippen LogP contribution >= 0.6 is 0 Å². The highest BCUT2D eigenvalue weighted by Gasteiger charge is 2.41. The topological polar surface area (TPSA) is 44.8 Å². The molecule has 0 aromatic heterocycles. The maximum atomic E-state index is 13.3. The molecule has 1 N–H and O–H groups in total. The number of nitrogens with zero attached hydrogens (tertiary/aromatic N) is 2. The first-order valence-corrected chi connectivity index (χ1v) is 10.2. The van der Waals surface area contributed by atoms with Crippen LogP contribution in [-0.2, 0) is 9.53 Å². The Labute approximate surface area is 171 Å². The predicted molar refractivity (Wildman–Crippen MR) is 111 cm³/mol. The lowest BCUT2D eigenvalue weighted by atomic mass is 9.80. The van der Waals surface area contributed by atoms with E-state index >= 15 is 0 Å². The van der Waals surface area contributed by atoms with Crippen molar-refractivity contribution in [2.45, 2.75) is 32.8 Å². The number of nitrogens with one attached hydrogen (secondary N) is 1. The van der Waals surface area contributed by atoms with Crippen molar-refractivity contribution in [3.05, 3.63) is 64.8 Å². The number of rotatable bonds is 5. The Hall–Kier alpha value is -2.60. The number of amides is 1. The van der Waals surface area contributed by atoms with Gasteiger partial charge in [-0.2, -0.15) is 0 Å². The molecule has 6 heteroatoms. The third kappa shape index (κ3) is 3.46. The molecule has 1 aromatic rings. The predicted octanol–water partition coefficient (Wildman–Crippen LogP) is 3.77. The molecule has 154 valence electrons. The van der Waals surface area contributed by atoms with Crippen LogP contribution < -0.4 is 10.4 Å². The zero-order valence-electron chi connectivity index (χ0n) is 17.4. The summed E-state index contributed by atoms with van der Waals surface area (Å²) in [5, 5.41) is 1.98. The van der Waals surface area contributed by atoms with E-state index in [1.807, 2.05) is 25.2 Å². The summed E-state index contributed by atoms with van der Waals surface area (Å²) < 4.78 is 18.6. The number of methoxy groups -OCH3 is 1. The number of hydrazine groups is 1. The lowest BCUT2D eigenvalue weighted by Gasteiger charge is -2.31. The molecule has 1 aromatic carbocycles. The van der Waals surface area contributed by atoms with Gasteiger partial charge in [-0.1, -0.05) is 6.92 Å².